The molecular weight excluding hydrogens is 227 g/mol. The Bertz CT molecular complexity index is 397. The average molecular weight is 244 g/mol. The minimum atomic E-state index is -4.05. The number of aryl methyl sites for hydroxylation is 2. The number of hydrogen-bond acceptors (Lipinski definition) is 2. The lowest BCUT2D eigenvalue weighted by Gasteiger charge is -2.11. The molecule has 0 aliphatic carbocycles. The number of phenols is 1. The fraction of sp³-hybridized carbons (Fsp3) is 0.455. The molecule has 0 radical (unpaired) electrons. The summed E-state index contributed by atoms with van der Waals surface area (Å²) in [5.41, 5.74) is 2.06. The lowest BCUT2D eigenvalue weighted by Crippen LogP contribution is -1.94. The highest BCUT2D eigenvalue weighted by Gasteiger charge is 2.16. The second-order valence-electron chi connectivity index (χ2n) is 3.79. The van der Waals surface area contributed by atoms with E-state index in [0.717, 1.165) is 11.1 Å². The molecule has 4 nitrogen and oxygen atoms in total. The van der Waals surface area contributed by atoms with Crippen LogP contribution in [0.1, 0.15) is 30.5 Å². The normalized spacial score (nSPS) is 11.8. The Morgan fingerprint density at radius 1 is 1.12 bits per heavy atom. The summed E-state index contributed by atoms with van der Waals surface area (Å²) in [5.74, 6) is 0.250. The molecule has 0 aromatic heterocycles. The maximum Gasteiger partial charge on any atom is 0.329 e. The first-order valence-corrected chi connectivity index (χ1v) is 7.05. The fourth-order valence-corrected chi connectivity index (χ4v) is 2.36. The molecule has 90 valence electrons. The SMILES string of the molecule is CCc1cc(CP(=O)(O)O)cc(CC)c1O. The molecule has 0 saturated carbocycles. The Labute approximate surface area is 95.1 Å². The van der Waals surface area contributed by atoms with E-state index in [2.05, 4.69) is 0 Å². The van der Waals surface area contributed by atoms with Crippen LogP contribution in [0.5, 0.6) is 5.75 Å². The van der Waals surface area contributed by atoms with Gasteiger partial charge < -0.3 is 14.9 Å². The summed E-state index contributed by atoms with van der Waals surface area (Å²) in [6, 6.07) is 3.32. The van der Waals surface area contributed by atoms with Crippen LogP contribution in [0.15, 0.2) is 12.1 Å². The highest BCUT2D eigenvalue weighted by atomic mass is 31.2. The molecule has 0 unspecified atom stereocenters. The first-order valence-electron chi connectivity index (χ1n) is 5.25. The van der Waals surface area contributed by atoms with Crippen LogP contribution < -0.4 is 0 Å². The summed E-state index contributed by atoms with van der Waals surface area (Å²) in [6.07, 6.45) is 1.02. The zero-order chi connectivity index (χ0) is 12.3. The molecule has 0 atom stereocenters. The van der Waals surface area contributed by atoms with Crippen LogP contribution in [0.3, 0.4) is 0 Å². The maximum absolute atomic E-state index is 10.9. The van der Waals surface area contributed by atoms with Crippen molar-refractivity contribution in [1.82, 2.24) is 0 Å². The molecule has 0 fully saturated rings. The molecule has 3 N–H and O–H groups in total. The lowest BCUT2D eigenvalue weighted by molar-refractivity contribution is 0.371. The molecule has 0 spiro atoms. The molecule has 16 heavy (non-hydrogen) atoms. The van der Waals surface area contributed by atoms with E-state index in [1.165, 1.54) is 0 Å². The van der Waals surface area contributed by atoms with E-state index in [0.29, 0.717) is 18.4 Å². The number of phenolic OH excluding ortho intramolecular Hbond substituents is 1. The van der Waals surface area contributed by atoms with Crippen molar-refractivity contribution in [2.75, 3.05) is 0 Å². The molecule has 1 aromatic carbocycles. The minimum absolute atomic E-state index is 0.250. The molecule has 1 aromatic rings. The minimum Gasteiger partial charge on any atom is -0.507 e. The predicted octanol–water partition coefficient (Wildman–Crippen LogP) is 2.19. The van der Waals surface area contributed by atoms with Crippen molar-refractivity contribution in [2.45, 2.75) is 32.9 Å². The van der Waals surface area contributed by atoms with Gasteiger partial charge in [0.2, 0.25) is 0 Å². The first kappa shape index (κ1) is 13.2. The van der Waals surface area contributed by atoms with Crippen molar-refractivity contribution in [3.63, 3.8) is 0 Å². The quantitative estimate of drug-likeness (QED) is 0.709. The summed E-state index contributed by atoms with van der Waals surface area (Å²) < 4.78 is 10.9. The summed E-state index contributed by atoms with van der Waals surface area (Å²) in [6.45, 7) is 3.80. The van der Waals surface area contributed by atoms with Gasteiger partial charge >= 0.3 is 7.60 Å². The van der Waals surface area contributed by atoms with Crippen molar-refractivity contribution in [3.05, 3.63) is 28.8 Å². The van der Waals surface area contributed by atoms with Gasteiger partial charge in [0.05, 0.1) is 6.16 Å². The van der Waals surface area contributed by atoms with E-state index < -0.39 is 7.60 Å². The van der Waals surface area contributed by atoms with Gasteiger partial charge in [-0.05, 0) is 29.5 Å². The zero-order valence-electron chi connectivity index (χ0n) is 9.47. The number of hydrogen-bond donors (Lipinski definition) is 3. The Kier molecular flexibility index (Phi) is 4.14. The summed E-state index contributed by atoms with van der Waals surface area (Å²) in [7, 11) is -4.05. The van der Waals surface area contributed by atoms with Crippen molar-refractivity contribution in [2.24, 2.45) is 0 Å². The molecule has 0 aliphatic rings. The first-order chi connectivity index (χ1) is 7.37. The van der Waals surface area contributed by atoms with Gasteiger partial charge in [-0.3, -0.25) is 4.57 Å². The van der Waals surface area contributed by atoms with Gasteiger partial charge in [0.25, 0.3) is 0 Å². The highest BCUT2D eigenvalue weighted by molar-refractivity contribution is 7.50. The third-order valence-electron chi connectivity index (χ3n) is 2.48. The molecule has 0 amide bonds. The Morgan fingerprint density at radius 3 is 1.88 bits per heavy atom. The maximum atomic E-state index is 10.9. The zero-order valence-corrected chi connectivity index (χ0v) is 10.4. The van der Waals surface area contributed by atoms with Crippen molar-refractivity contribution < 1.29 is 19.5 Å². The second-order valence-corrected chi connectivity index (χ2v) is 5.44. The van der Waals surface area contributed by atoms with Gasteiger partial charge in [0.15, 0.2) is 0 Å². The van der Waals surface area contributed by atoms with Gasteiger partial charge in [-0.15, -0.1) is 0 Å². The van der Waals surface area contributed by atoms with Crippen LogP contribution in [0.25, 0.3) is 0 Å². The van der Waals surface area contributed by atoms with Gasteiger partial charge in [0.1, 0.15) is 5.75 Å². The van der Waals surface area contributed by atoms with Crippen LogP contribution in [0, 0.1) is 0 Å². The standard InChI is InChI=1S/C11H17O4P/c1-3-9-5-8(7-16(13,14)15)6-10(4-2)11(9)12/h5-6,12H,3-4,7H2,1-2H3,(H2,13,14,15). The van der Waals surface area contributed by atoms with E-state index in [1.54, 1.807) is 12.1 Å². The average Bonchev–Trinajstić information content (AvgIpc) is 2.18. The van der Waals surface area contributed by atoms with E-state index in [1.807, 2.05) is 13.8 Å². The fourth-order valence-electron chi connectivity index (χ4n) is 1.70. The van der Waals surface area contributed by atoms with Gasteiger partial charge in [0, 0.05) is 0 Å². The Hall–Kier alpha value is -0.830. The molecule has 0 bridgehead atoms. The van der Waals surface area contributed by atoms with Crippen molar-refractivity contribution in [1.29, 1.82) is 0 Å². The largest absolute Gasteiger partial charge is 0.507 e. The van der Waals surface area contributed by atoms with Gasteiger partial charge in [-0.25, -0.2) is 0 Å². The van der Waals surface area contributed by atoms with Gasteiger partial charge in [-0.2, -0.15) is 0 Å². The number of aromatic hydroxyl groups is 1. The molecule has 0 heterocycles. The van der Waals surface area contributed by atoms with Gasteiger partial charge in [-0.1, -0.05) is 26.0 Å². The van der Waals surface area contributed by atoms with Crippen molar-refractivity contribution in [3.8, 4) is 5.75 Å². The summed E-state index contributed by atoms with van der Waals surface area (Å²) >= 11 is 0. The second kappa shape index (κ2) is 5.00. The van der Waals surface area contributed by atoms with Crippen LogP contribution >= 0.6 is 7.60 Å². The van der Waals surface area contributed by atoms with Crippen molar-refractivity contribution >= 4 is 7.60 Å². The third kappa shape index (κ3) is 3.34. The van der Waals surface area contributed by atoms with Crippen LogP contribution in [-0.4, -0.2) is 14.9 Å². The molecule has 5 heteroatoms. The van der Waals surface area contributed by atoms with Crippen LogP contribution in [-0.2, 0) is 23.6 Å². The predicted molar refractivity (Wildman–Crippen MR) is 62.6 cm³/mol. The van der Waals surface area contributed by atoms with Crippen LogP contribution in [0.2, 0.25) is 0 Å². The van der Waals surface area contributed by atoms with E-state index in [-0.39, 0.29) is 11.9 Å². The Morgan fingerprint density at radius 2 is 1.56 bits per heavy atom. The molecule has 1 rings (SSSR count). The number of benzene rings is 1. The Balaban J connectivity index is 3.17. The highest BCUT2D eigenvalue weighted by Crippen LogP contribution is 2.40. The smallest absolute Gasteiger partial charge is 0.329 e. The van der Waals surface area contributed by atoms with E-state index >= 15 is 0 Å². The molecule has 0 aliphatic heterocycles. The lowest BCUT2D eigenvalue weighted by atomic mass is 10.0. The van der Waals surface area contributed by atoms with Crippen LogP contribution in [0.4, 0.5) is 0 Å². The molecule has 0 saturated heterocycles. The topological polar surface area (TPSA) is 77.8 Å². The van der Waals surface area contributed by atoms with E-state index in [4.69, 9.17) is 9.79 Å². The monoisotopic (exact) mass is 244 g/mol. The molecular formula is C11H17O4P. The summed E-state index contributed by atoms with van der Waals surface area (Å²) in [4.78, 5) is 17.8. The third-order valence-corrected chi connectivity index (χ3v) is 3.26. The number of rotatable bonds is 4. The van der Waals surface area contributed by atoms with E-state index in [9.17, 15) is 9.67 Å². The summed E-state index contributed by atoms with van der Waals surface area (Å²) in [5, 5.41) is 9.82.